The Morgan fingerprint density at radius 2 is 1.89 bits per heavy atom. The van der Waals surface area contributed by atoms with E-state index >= 15 is 0 Å². The van der Waals surface area contributed by atoms with Crippen LogP contribution < -0.4 is 5.32 Å². The van der Waals surface area contributed by atoms with Crippen molar-refractivity contribution in [3.63, 3.8) is 0 Å². The van der Waals surface area contributed by atoms with Gasteiger partial charge in [0.1, 0.15) is 0 Å². The lowest BCUT2D eigenvalue weighted by Crippen LogP contribution is -2.21. The fraction of sp³-hybridized carbons (Fsp3) is 0.533. The highest BCUT2D eigenvalue weighted by atomic mass is 16.2. The maximum Gasteiger partial charge on any atom is 0.253 e. The summed E-state index contributed by atoms with van der Waals surface area (Å²) in [6.07, 6.45) is 3.64. The largest absolute Gasteiger partial charge is 0.383 e. The van der Waals surface area contributed by atoms with Crippen LogP contribution in [0.2, 0.25) is 0 Å². The Morgan fingerprint density at radius 1 is 1.28 bits per heavy atom. The first-order valence-electron chi connectivity index (χ1n) is 6.62. The molecule has 0 saturated carbocycles. The summed E-state index contributed by atoms with van der Waals surface area (Å²) in [6.45, 7) is 4.39. The summed E-state index contributed by atoms with van der Waals surface area (Å²) in [5.41, 5.74) is 1.81. The van der Waals surface area contributed by atoms with Crippen molar-refractivity contribution in [3.8, 4) is 0 Å². The molecule has 1 rings (SSSR count). The highest BCUT2D eigenvalue weighted by Gasteiger charge is 2.07. The van der Waals surface area contributed by atoms with Gasteiger partial charge in [-0.25, -0.2) is 0 Å². The molecule has 0 heterocycles. The van der Waals surface area contributed by atoms with Gasteiger partial charge in [-0.1, -0.05) is 19.8 Å². The van der Waals surface area contributed by atoms with E-state index in [1.807, 2.05) is 24.3 Å². The average molecular weight is 248 g/mol. The molecule has 0 radical (unpaired) electrons. The number of carbonyl (C=O) groups excluding carboxylic acids is 1. The number of unbranched alkanes of at least 4 members (excludes halogenated alkanes) is 1. The third-order valence-electron chi connectivity index (χ3n) is 2.94. The molecule has 0 spiro atoms. The number of nitrogens with one attached hydrogen (secondary N) is 1. The molecule has 18 heavy (non-hydrogen) atoms. The maximum atomic E-state index is 11.7. The topological polar surface area (TPSA) is 32.3 Å². The molecular weight excluding hydrogens is 224 g/mol. The van der Waals surface area contributed by atoms with E-state index in [4.69, 9.17) is 0 Å². The highest BCUT2D eigenvalue weighted by molar-refractivity contribution is 5.94. The van der Waals surface area contributed by atoms with Gasteiger partial charge in [-0.2, -0.15) is 0 Å². The average Bonchev–Trinajstić information content (AvgIpc) is 2.36. The second kappa shape index (κ2) is 7.04. The van der Waals surface area contributed by atoms with Gasteiger partial charge in [-0.15, -0.1) is 0 Å². The third kappa shape index (κ3) is 4.40. The first-order valence-corrected chi connectivity index (χ1v) is 6.62. The van der Waals surface area contributed by atoms with Crippen molar-refractivity contribution >= 4 is 11.6 Å². The Balaban J connectivity index is 2.57. The Morgan fingerprint density at radius 3 is 2.39 bits per heavy atom. The van der Waals surface area contributed by atoms with Gasteiger partial charge >= 0.3 is 0 Å². The molecule has 0 aliphatic carbocycles. The maximum absolute atomic E-state index is 11.7. The summed E-state index contributed by atoms with van der Waals surface area (Å²) in [6, 6.07) is 8.16. The molecule has 0 saturated heterocycles. The van der Waals surface area contributed by atoms with E-state index in [9.17, 15) is 4.79 Å². The Hall–Kier alpha value is -1.51. The molecule has 0 bridgehead atoms. The normalized spacial score (nSPS) is 12.0. The van der Waals surface area contributed by atoms with Crippen LogP contribution in [0.3, 0.4) is 0 Å². The van der Waals surface area contributed by atoms with Crippen LogP contribution >= 0.6 is 0 Å². The van der Waals surface area contributed by atoms with Gasteiger partial charge in [0.25, 0.3) is 5.91 Å². The smallest absolute Gasteiger partial charge is 0.253 e. The van der Waals surface area contributed by atoms with Gasteiger partial charge in [-0.05, 0) is 37.6 Å². The zero-order valence-electron chi connectivity index (χ0n) is 11.9. The highest BCUT2D eigenvalue weighted by Crippen LogP contribution is 2.13. The fourth-order valence-electron chi connectivity index (χ4n) is 1.83. The summed E-state index contributed by atoms with van der Waals surface area (Å²) in [7, 11) is 3.53. The van der Waals surface area contributed by atoms with Crippen molar-refractivity contribution in [1.82, 2.24) is 4.90 Å². The molecule has 0 fully saturated rings. The predicted molar refractivity (Wildman–Crippen MR) is 77.1 cm³/mol. The molecule has 1 atom stereocenters. The number of benzene rings is 1. The van der Waals surface area contributed by atoms with Gasteiger partial charge in [-0.3, -0.25) is 4.79 Å². The number of amides is 1. The summed E-state index contributed by atoms with van der Waals surface area (Å²) in [5.74, 6) is 0.0422. The van der Waals surface area contributed by atoms with E-state index in [0.29, 0.717) is 6.04 Å². The monoisotopic (exact) mass is 248 g/mol. The number of nitrogens with zero attached hydrogens (tertiary/aromatic N) is 1. The number of rotatable bonds is 6. The van der Waals surface area contributed by atoms with Crippen LogP contribution in [0.4, 0.5) is 5.69 Å². The van der Waals surface area contributed by atoms with Gasteiger partial charge in [0.2, 0.25) is 0 Å². The molecule has 1 aromatic rings. The molecule has 0 aliphatic heterocycles. The molecule has 3 nitrogen and oxygen atoms in total. The molecule has 1 N–H and O–H groups in total. The molecule has 0 aliphatic rings. The number of anilines is 1. The Kier molecular flexibility index (Phi) is 5.69. The van der Waals surface area contributed by atoms with Gasteiger partial charge in [0, 0.05) is 31.4 Å². The predicted octanol–water partition coefficient (Wildman–Crippen LogP) is 3.38. The van der Waals surface area contributed by atoms with Crippen LogP contribution in [0, 0.1) is 0 Å². The standard InChI is InChI=1S/C15H24N2O/c1-5-6-7-12(2)16-14-10-8-13(9-11-14)15(18)17(3)4/h8-12,16H,5-7H2,1-4H3. The molecule has 1 aromatic carbocycles. The minimum atomic E-state index is 0.0422. The summed E-state index contributed by atoms with van der Waals surface area (Å²) >= 11 is 0. The molecular formula is C15H24N2O. The fourth-order valence-corrected chi connectivity index (χ4v) is 1.83. The lowest BCUT2D eigenvalue weighted by Gasteiger charge is -2.15. The van der Waals surface area contributed by atoms with E-state index < -0.39 is 0 Å². The zero-order valence-corrected chi connectivity index (χ0v) is 11.9. The molecule has 100 valence electrons. The quantitative estimate of drug-likeness (QED) is 0.837. The third-order valence-corrected chi connectivity index (χ3v) is 2.94. The van der Waals surface area contributed by atoms with Gasteiger partial charge in [0.05, 0.1) is 0 Å². The van der Waals surface area contributed by atoms with Crippen molar-refractivity contribution < 1.29 is 4.79 Å². The van der Waals surface area contributed by atoms with E-state index in [2.05, 4.69) is 19.2 Å². The van der Waals surface area contributed by atoms with Gasteiger partial charge < -0.3 is 10.2 Å². The van der Waals surface area contributed by atoms with E-state index in [1.54, 1.807) is 19.0 Å². The van der Waals surface area contributed by atoms with E-state index in [1.165, 1.54) is 19.3 Å². The molecule has 0 aromatic heterocycles. The Bertz CT molecular complexity index is 371. The van der Waals surface area contributed by atoms with Gasteiger partial charge in [0.15, 0.2) is 0 Å². The minimum absolute atomic E-state index is 0.0422. The van der Waals surface area contributed by atoms with Crippen LogP contribution in [0.15, 0.2) is 24.3 Å². The SMILES string of the molecule is CCCCC(C)Nc1ccc(C(=O)N(C)C)cc1. The van der Waals surface area contributed by atoms with E-state index in [-0.39, 0.29) is 5.91 Å². The number of carbonyl (C=O) groups is 1. The van der Waals surface area contributed by atoms with Crippen molar-refractivity contribution in [2.24, 2.45) is 0 Å². The Labute approximate surface area is 110 Å². The van der Waals surface area contributed by atoms with Crippen molar-refractivity contribution in [2.75, 3.05) is 19.4 Å². The first-order chi connectivity index (χ1) is 8.54. The lowest BCUT2D eigenvalue weighted by atomic mass is 10.1. The summed E-state index contributed by atoms with van der Waals surface area (Å²) in [4.78, 5) is 13.3. The first kappa shape index (κ1) is 14.6. The summed E-state index contributed by atoms with van der Waals surface area (Å²) in [5, 5.41) is 3.45. The van der Waals surface area contributed by atoms with Crippen molar-refractivity contribution in [1.29, 1.82) is 0 Å². The molecule has 3 heteroatoms. The van der Waals surface area contributed by atoms with Crippen LogP contribution in [0.5, 0.6) is 0 Å². The second-order valence-corrected chi connectivity index (χ2v) is 4.96. The van der Waals surface area contributed by atoms with E-state index in [0.717, 1.165) is 11.3 Å². The lowest BCUT2D eigenvalue weighted by molar-refractivity contribution is 0.0827. The zero-order chi connectivity index (χ0) is 13.5. The van der Waals surface area contributed by atoms with Crippen molar-refractivity contribution in [2.45, 2.75) is 39.2 Å². The molecule has 1 unspecified atom stereocenters. The van der Waals surface area contributed by atoms with Crippen molar-refractivity contribution in [3.05, 3.63) is 29.8 Å². The van der Waals surface area contributed by atoms with Crippen LogP contribution in [0.1, 0.15) is 43.5 Å². The number of hydrogen-bond acceptors (Lipinski definition) is 2. The minimum Gasteiger partial charge on any atom is -0.383 e. The summed E-state index contributed by atoms with van der Waals surface area (Å²) < 4.78 is 0. The number of hydrogen-bond donors (Lipinski definition) is 1. The van der Waals surface area contributed by atoms with Crippen LogP contribution in [0.25, 0.3) is 0 Å². The second-order valence-electron chi connectivity index (χ2n) is 4.96. The van der Waals surface area contributed by atoms with Crippen LogP contribution in [-0.4, -0.2) is 30.9 Å². The van der Waals surface area contributed by atoms with Crippen LogP contribution in [-0.2, 0) is 0 Å². The molecule has 1 amide bonds.